The summed E-state index contributed by atoms with van der Waals surface area (Å²) >= 11 is 0. The lowest BCUT2D eigenvalue weighted by Crippen LogP contribution is -1.94. The van der Waals surface area contributed by atoms with Gasteiger partial charge in [-0.1, -0.05) is 43.3 Å². The number of carbonyl (C=O) groups excluding carboxylic acids is 1. The van der Waals surface area contributed by atoms with Crippen molar-refractivity contribution in [3.8, 4) is 22.6 Å². The molecular weight excluding hydrogens is 322 g/mol. The van der Waals surface area contributed by atoms with E-state index in [2.05, 4.69) is 25.1 Å². The van der Waals surface area contributed by atoms with Crippen molar-refractivity contribution < 1.29 is 9.53 Å². The summed E-state index contributed by atoms with van der Waals surface area (Å²) in [5, 5.41) is 0. The Morgan fingerprint density at radius 3 is 2.35 bits per heavy atom. The van der Waals surface area contributed by atoms with E-state index in [1.165, 1.54) is 5.56 Å². The number of para-hydroxylation sites is 1. The number of aldehydes is 1. The monoisotopic (exact) mass is 341 g/mol. The number of nitrogens with zero attached hydrogens (tertiary/aromatic N) is 1. The Bertz CT molecular complexity index is 1050. The van der Waals surface area contributed by atoms with E-state index >= 15 is 0 Å². The Kier molecular flexibility index (Phi) is 4.28. The number of aromatic nitrogens is 1. The standard InChI is InChI=1S/C23H19NO2/c1-2-17-8-11-19-14-22(23(16-25)24(19)15-17)18-9-12-21(13-10-18)26-20-6-4-3-5-7-20/h3-16H,2H2,1H3. The Morgan fingerprint density at radius 1 is 0.923 bits per heavy atom. The second-order valence-electron chi connectivity index (χ2n) is 6.19. The van der Waals surface area contributed by atoms with Crippen molar-refractivity contribution in [1.82, 2.24) is 4.40 Å². The van der Waals surface area contributed by atoms with E-state index in [9.17, 15) is 4.79 Å². The molecule has 0 unspecified atom stereocenters. The average Bonchev–Trinajstić information content (AvgIpc) is 3.07. The molecule has 4 rings (SSSR count). The molecule has 0 fully saturated rings. The van der Waals surface area contributed by atoms with Gasteiger partial charge in [-0.3, -0.25) is 4.79 Å². The lowest BCUT2D eigenvalue weighted by atomic mass is 10.1. The molecule has 2 aromatic heterocycles. The molecule has 0 aliphatic rings. The van der Waals surface area contributed by atoms with Crippen molar-refractivity contribution in [2.75, 3.05) is 0 Å². The van der Waals surface area contributed by atoms with Crippen molar-refractivity contribution in [3.05, 3.63) is 90.3 Å². The first-order valence-electron chi connectivity index (χ1n) is 8.71. The van der Waals surface area contributed by atoms with Crippen LogP contribution in [0, 0.1) is 0 Å². The number of ether oxygens (including phenoxy) is 1. The molecule has 3 nitrogen and oxygen atoms in total. The predicted molar refractivity (Wildman–Crippen MR) is 104 cm³/mol. The van der Waals surface area contributed by atoms with Gasteiger partial charge in [0.15, 0.2) is 6.29 Å². The number of fused-ring (bicyclic) bond motifs is 1. The molecule has 0 saturated carbocycles. The lowest BCUT2D eigenvalue weighted by molar-refractivity contribution is 0.111. The van der Waals surface area contributed by atoms with Gasteiger partial charge in [-0.05, 0) is 53.9 Å². The third-order valence-electron chi connectivity index (χ3n) is 4.53. The topological polar surface area (TPSA) is 30.7 Å². The maximum atomic E-state index is 11.7. The Labute approximate surface area is 152 Å². The van der Waals surface area contributed by atoms with Crippen LogP contribution in [-0.2, 0) is 6.42 Å². The Balaban J connectivity index is 1.70. The van der Waals surface area contributed by atoms with Crippen molar-refractivity contribution in [1.29, 1.82) is 0 Å². The summed E-state index contributed by atoms with van der Waals surface area (Å²) in [5.74, 6) is 1.57. The van der Waals surface area contributed by atoms with Gasteiger partial charge in [-0.25, -0.2) is 0 Å². The molecule has 0 N–H and O–H groups in total. The van der Waals surface area contributed by atoms with Crippen LogP contribution in [0.3, 0.4) is 0 Å². The fourth-order valence-electron chi connectivity index (χ4n) is 3.12. The fraction of sp³-hybridized carbons (Fsp3) is 0.0870. The SMILES string of the molecule is CCc1ccc2cc(-c3ccc(Oc4ccccc4)cc3)c(C=O)n2c1. The molecule has 0 aliphatic heterocycles. The predicted octanol–water partition coefficient (Wildman–Crippen LogP) is 5.77. The number of hydrogen-bond acceptors (Lipinski definition) is 2. The van der Waals surface area contributed by atoms with Crippen LogP contribution in [0.25, 0.3) is 16.6 Å². The third kappa shape index (κ3) is 3.00. The van der Waals surface area contributed by atoms with Crippen LogP contribution < -0.4 is 4.74 Å². The molecule has 0 bridgehead atoms. The molecule has 0 aliphatic carbocycles. The van der Waals surface area contributed by atoms with Crippen molar-refractivity contribution >= 4 is 11.8 Å². The van der Waals surface area contributed by atoms with Gasteiger partial charge < -0.3 is 9.14 Å². The molecule has 0 saturated heterocycles. The van der Waals surface area contributed by atoms with Crippen molar-refractivity contribution in [2.24, 2.45) is 0 Å². The van der Waals surface area contributed by atoms with Gasteiger partial charge in [0, 0.05) is 17.3 Å². The Hall–Kier alpha value is -3.33. The molecule has 2 heterocycles. The molecule has 0 atom stereocenters. The fourth-order valence-corrected chi connectivity index (χ4v) is 3.12. The lowest BCUT2D eigenvalue weighted by Gasteiger charge is -2.07. The zero-order valence-electron chi connectivity index (χ0n) is 14.6. The molecular formula is C23H19NO2. The Morgan fingerprint density at radius 2 is 1.65 bits per heavy atom. The minimum Gasteiger partial charge on any atom is -0.457 e. The molecule has 128 valence electrons. The van der Waals surface area contributed by atoms with Gasteiger partial charge >= 0.3 is 0 Å². The summed E-state index contributed by atoms with van der Waals surface area (Å²) in [5.41, 5.74) is 4.82. The molecule has 2 aromatic carbocycles. The number of carbonyl (C=O) groups is 1. The summed E-state index contributed by atoms with van der Waals surface area (Å²) < 4.78 is 7.81. The van der Waals surface area contributed by atoms with Crippen molar-refractivity contribution in [2.45, 2.75) is 13.3 Å². The minimum absolute atomic E-state index is 0.673. The van der Waals surface area contributed by atoms with E-state index in [1.807, 2.05) is 65.2 Å². The largest absolute Gasteiger partial charge is 0.457 e. The summed E-state index contributed by atoms with van der Waals surface area (Å²) in [6.45, 7) is 2.11. The quantitative estimate of drug-likeness (QED) is 0.431. The summed E-state index contributed by atoms with van der Waals surface area (Å²) in [6, 6.07) is 23.7. The van der Waals surface area contributed by atoms with Crippen LogP contribution in [0.4, 0.5) is 0 Å². The number of pyridine rings is 1. The number of benzene rings is 2. The molecule has 26 heavy (non-hydrogen) atoms. The highest BCUT2D eigenvalue weighted by molar-refractivity contribution is 5.90. The van der Waals surface area contributed by atoms with Crippen LogP contribution in [0.2, 0.25) is 0 Å². The number of aryl methyl sites for hydroxylation is 1. The van der Waals surface area contributed by atoms with E-state index < -0.39 is 0 Å². The first-order valence-corrected chi connectivity index (χ1v) is 8.71. The summed E-state index contributed by atoms with van der Waals surface area (Å²) in [6.07, 6.45) is 3.90. The van der Waals surface area contributed by atoms with Gasteiger partial charge in [-0.2, -0.15) is 0 Å². The van der Waals surface area contributed by atoms with E-state index in [1.54, 1.807) is 0 Å². The highest BCUT2D eigenvalue weighted by Crippen LogP contribution is 2.30. The highest BCUT2D eigenvalue weighted by atomic mass is 16.5. The van der Waals surface area contributed by atoms with E-state index in [-0.39, 0.29) is 0 Å². The van der Waals surface area contributed by atoms with E-state index in [4.69, 9.17) is 4.74 Å². The summed E-state index contributed by atoms with van der Waals surface area (Å²) in [4.78, 5) is 11.7. The number of hydrogen-bond donors (Lipinski definition) is 0. The average molecular weight is 341 g/mol. The molecule has 0 radical (unpaired) electrons. The van der Waals surface area contributed by atoms with E-state index in [0.717, 1.165) is 40.8 Å². The van der Waals surface area contributed by atoms with Crippen LogP contribution in [0.5, 0.6) is 11.5 Å². The third-order valence-corrected chi connectivity index (χ3v) is 4.53. The van der Waals surface area contributed by atoms with E-state index in [0.29, 0.717) is 5.69 Å². The maximum Gasteiger partial charge on any atom is 0.167 e. The number of rotatable bonds is 5. The highest BCUT2D eigenvalue weighted by Gasteiger charge is 2.12. The minimum atomic E-state index is 0.673. The molecule has 4 aromatic rings. The zero-order chi connectivity index (χ0) is 17.9. The molecule has 3 heteroatoms. The van der Waals surface area contributed by atoms with Crippen molar-refractivity contribution in [3.63, 3.8) is 0 Å². The van der Waals surface area contributed by atoms with Gasteiger partial charge in [0.2, 0.25) is 0 Å². The van der Waals surface area contributed by atoms with Gasteiger partial charge in [0.25, 0.3) is 0 Å². The zero-order valence-corrected chi connectivity index (χ0v) is 14.6. The smallest absolute Gasteiger partial charge is 0.167 e. The van der Waals surface area contributed by atoms with Gasteiger partial charge in [0.05, 0.1) is 5.69 Å². The normalized spacial score (nSPS) is 10.8. The second-order valence-corrected chi connectivity index (χ2v) is 6.19. The van der Waals surface area contributed by atoms with Gasteiger partial charge in [0.1, 0.15) is 11.5 Å². The molecule has 0 spiro atoms. The van der Waals surface area contributed by atoms with Crippen LogP contribution in [-0.4, -0.2) is 10.7 Å². The van der Waals surface area contributed by atoms with Crippen LogP contribution >= 0.6 is 0 Å². The first-order chi connectivity index (χ1) is 12.8. The van der Waals surface area contributed by atoms with Crippen LogP contribution in [0.1, 0.15) is 23.0 Å². The van der Waals surface area contributed by atoms with Crippen LogP contribution in [0.15, 0.2) is 79.0 Å². The second kappa shape index (κ2) is 6.89. The maximum absolute atomic E-state index is 11.7. The summed E-state index contributed by atoms with van der Waals surface area (Å²) in [7, 11) is 0. The first kappa shape index (κ1) is 16.2. The van der Waals surface area contributed by atoms with Gasteiger partial charge in [-0.15, -0.1) is 0 Å². The molecule has 0 amide bonds.